The molecule has 1 amide bonds. The van der Waals surface area contributed by atoms with E-state index in [1.54, 1.807) is 24.3 Å². The molecule has 2 rings (SSSR count). The van der Waals surface area contributed by atoms with Crippen LogP contribution in [0.2, 0.25) is 0 Å². The minimum absolute atomic E-state index is 0.0545. The summed E-state index contributed by atoms with van der Waals surface area (Å²) in [5.74, 6) is 1.05. The summed E-state index contributed by atoms with van der Waals surface area (Å²) in [7, 11) is -3.07. The molecule has 0 unspecified atom stereocenters. The van der Waals surface area contributed by atoms with Gasteiger partial charge in [0.05, 0.1) is 11.4 Å². The summed E-state index contributed by atoms with van der Waals surface area (Å²) in [5.41, 5.74) is 2.35. The minimum Gasteiger partial charge on any atom is -0.492 e. The highest BCUT2D eigenvalue weighted by molar-refractivity contribution is 7.90. The second-order valence-electron chi connectivity index (χ2n) is 5.86. The molecule has 0 saturated heterocycles. The van der Waals surface area contributed by atoms with Gasteiger partial charge in [0.25, 0.3) is 0 Å². The first-order chi connectivity index (χ1) is 11.7. The number of aromatic nitrogens is 1. The summed E-state index contributed by atoms with van der Waals surface area (Å²) >= 11 is 0. The summed E-state index contributed by atoms with van der Waals surface area (Å²) in [6.07, 6.45) is 2.02. The average molecular weight is 366 g/mol. The van der Waals surface area contributed by atoms with Gasteiger partial charge < -0.3 is 14.6 Å². The second kappa shape index (κ2) is 8.15. The predicted octanol–water partition coefficient (Wildman–Crippen LogP) is 2.29. The maximum atomic E-state index is 12.1. The molecule has 1 aromatic heterocycles. The molecule has 0 aliphatic carbocycles. The second-order valence-corrected chi connectivity index (χ2v) is 8.12. The van der Waals surface area contributed by atoms with E-state index < -0.39 is 9.84 Å². The molecule has 1 aromatic carbocycles. The van der Waals surface area contributed by atoms with Crippen LogP contribution in [0.5, 0.6) is 5.75 Å². The Kier molecular flexibility index (Phi) is 6.19. The van der Waals surface area contributed by atoms with Crippen LogP contribution in [0, 0.1) is 13.8 Å². The van der Waals surface area contributed by atoms with E-state index in [4.69, 9.17) is 9.26 Å². The van der Waals surface area contributed by atoms with Gasteiger partial charge in [0, 0.05) is 30.0 Å². The molecule has 0 bridgehead atoms. The predicted molar refractivity (Wildman–Crippen MR) is 94.6 cm³/mol. The van der Waals surface area contributed by atoms with Crippen molar-refractivity contribution >= 4 is 21.4 Å². The fourth-order valence-corrected chi connectivity index (χ4v) is 2.68. The van der Waals surface area contributed by atoms with Crippen molar-refractivity contribution in [3.63, 3.8) is 0 Å². The van der Waals surface area contributed by atoms with Crippen molar-refractivity contribution in [2.24, 2.45) is 0 Å². The van der Waals surface area contributed by atoms with Crippen LogP contribution in [0.4, 0.5) is 5.69 Å². The number of nitrogens with one attached hydrogen (secondary N) is 1. The average Bonchev–Trinajstić information content (AvgIpc) is 2.83. The molecule has 8 heteroatoms. The lowest BCUT2D eigenvalue weighted by Crippen LogP contribution is -2.13. The molecule has 2 aromatic rings. The first-order valence-corrected chi connectivity index (χ1v) is 9.93. The van der Waals surface area contributed by atoms with Gasteiger partial charge in [0.1, 0.15) is 18.1 Å². The Labute approximate surface area is 147 Å². The summed E-state index contributed by atoms with van der Waals surface area (Å²) in [5, 5.41) is 6.67. The Balaban J connectivity index is 1.87. The van der Waals surface area contributed by atoms with E-state index >= 15 is 0 Å². The molecule has 0 radical (unpaired) electrons. The molecular formula is C17H22N2O5S. The number of anilines is 1. The molecule has 0 saturated carbocycles. The van der Waals surface area contributed by atoms with Crippen LogP contribution >= 0.6 is 0 Å². The normalized spacial score (nSPS) is 11.3. The number of amides is 1. The summed E-state index contributed by atoms with van der Waals surface area (Å²) in [6, 6.07) is 6.86. The lowest BCUT2D eigenvalue weighted by Gasteiger charge is -2.09. The van der Waals surface area contributed by atoms with Crippen molar-refractivity contribution in [3.05, 3.63) is 41.3 Å². The third-order valence-corrected chi connectivity index (χ3v) is 4.53. The molecule has 0 atom stereocenters. The van der Waals surface area contributed by atoms with Crippen LogP contribution in [0.15, 0.2) is 28.8 Å². The third-order valence-electron chi connectivity index (χ3n) is 3.62. The first-order valence-electron chi connectivity index (χ1n) is 7.87. The van der Waals surface area contributed by atoms with Crippen molar-refractivity contribution < 1.29 is 22.5 Å². The van der Waals surface area contributed by atoms with Crippen LogP contribution in [0.25, 0.3) is 0 Å². The monoisotopic (exact) mass is 366 g/mol. The number of rotatable bonds is 8. The highest BCUT2D eigenvalue weighted by Gasteiger charge is 2.11. The van der Waals surface area contributed by atoms with Gasteiger partial charge in [-0.05, 0) is 32.4 Å². The van der Waals surface area contributed by atoms with Gasteiger partial charge in [-0.15, -0.1) is 0 Å². The van der Waals surface area contributed by atoms with E-state index in [9.17, 15) is 13.2 Å². The van der Waals surface area contributed by atoms with Gasteiger partial charge in [0.15, 0.2) is 9.84 Å². The first kappa shape index (κ1) is 19.0. The van der Waals surface area contributed by atoms with E-state index in [-0.39, 0.29) is 18.3 Å². The van der Waals surface area contributed by atoms with E-state index in [1.165, 1.54) is 0 Å². The molecule has 0 spiro atoms. The lowest BCUT2D eigenvalue weighted by molar-refractivity contribution is -0.116. The summed E-state index contributed by atoms with van der Waals surface area (Å²) < 4.78 is 32.7. The zero-order valence-electron chi connectivity index (χ0n) is 14.5. The number of sulfone groups is 1. The SMILES string of the molecule is Cc1noc(C)c1CCC(=O)Nc1cccc(OCCS(C)(=O)=O)c1. The molecule has 1 heterocycles. The maximum absolute atomic E-state index is 12.1. The Bertz CT molecular complexity index is 823. The Morgan fingerprint density at radius 2 is 2.08 bits per heavy atom. The lowest BCUT2D eigenvalue weighted by atomic mass is 10.1. The zero-order valence-corrected chi connectivity index (χ0v) is 15.4. The van der Waals surface area contributed by atoms with Crippen LogP contribution in [-0.4, -0.2) is 38.1 Å². The molecular weight excluding hydrogens is 344 g/mol. The quantitative estimate of drug-likeness (QED) is 0.770. The van der Waals surface area contributed by atoms with Gasteiger partial charge in [-0.25, -0.2) is 8.42 Å². The fourth-order valence-electron chi connectivity index (χ4n) is 2.30. The smallest absolute Gasteiger partial charge is 0.224 e. The van der Waals surface area contributed by atoms with Crippen LogP contribution < -0.4 is 10.1 Å². The number of aryl methyl sites for hydroxylation is 2. The van der Waals surface area contributed by atoms with E-state index in [0.29, 0.717) is 24.3 Å². The van der Waals surface area contributed by atoms with Gasteiger partial charge >= 0.3 is 0 Å². The molecule has 7 nitrogen and oxygen atoms in total. The van der Waals surface area contributed by atoms with Crippen molar-refractivity contribution in [3.8, 4) is 5.75 Å². The van der Waals surface area contributed by atoms with Gasteiger partial charge in [-0.2, -0.15) is 0 Å². The van der Waals surface area contributed by atoms with Gasteiger partial charge in [-0.3, -0.25) is 4.79 Å². The van der Waals surface area contributed by atoms with Crippen LogP contribution in [0.1, 0.15) is 23.4 Å². The van der Waals surface area contributed by atoms with Crippen molar-refractivity contribution in [2.45, 2.75) is 26.7 Å². The molecule has 1 N–H and O–H groups in total. The fraction of sp³-hybridized carbons (Fsp3) is 0.412. The number of ether oxygens (including phenoxy) is 1. The van der Waals surface area contributed by atoms with Crippen LogP contribution in [0.3, 0.4) is 0 Å². The van der Waals surface area contributed by atoms with Gasteiger partial charge in [-0.1, -0.05) is 11.2 Å². The molecule has 136 valence electrons. The van der Waals surface area contributed by atoms with Crippen LogP contribution in [-0.2, 0) is 21.1 Å². The number of hydrogen-bond acceptors (Lipinski definition) is 6. The largest absolute Gasteiger partial charge is 0.492 e. The minimum atomic E-state index is -3.07. The topological polar surface area (TPSA) is 98.5 Å². The Hall–Kier alpha value is -2.35. The Morgan fingerprint density at radius 3 is 2.72 bits per heavy atom. The number of benzene rings is 1. The number of carbonyl (C=O) groups is 1. The molecule has 25 heavy (non-hydrogen) atoms. The highest BCUT2D eigenvalue weighted by atomic mass is 32.2. The van der Waals surface area contributed by atoms with Crippen molar-refractivity contribution in [2.75, 3.05) is 23.9 Å². The summed E-state index contributed by atoms with van der Waals surface area (Å²) in [6.45, 7) is 3.74. The summed E-state index contributed by atoms with van der Waals surface area (Å²) in [4.78, 5) is 12.1. The standard InChI is InChI=1S/C17H22N2O5S/c1-12-16(13(2)24-19-12)7-8-17(20)18-14-5-4-6-15(11-14)23-9-10-25(3,21)22/h4-6,11H,7-10H2,1-3H3,(H,18,20). The van der Waals surface area contributed by atoms with E-state index in [0.717, 1.165) is 23.3 Å². The van der Waals surface area contributed by atoms with Crippen molar-refractivity contribution in [1.82, 2.24) is 5.16 Å². The molecule has 0 aliphatic heterocycles. The maximum Gasteiger partial charge on any atom is 0.224 e. The third kappa shape index (κ3) is 6.22. The number of carbonyl (C=O) groups excluding carboxylic acids is 1. The van der Waals surface area contributed by atoms with E-state index in [1.807, 2.05) is 13.8 Å². The van der Waals surface area contributed by atoms with Crippen molar-refractivity contribution in [1.29, 1.82) is 0 Å². The highest BCUT2D eigenvalue weighted by Crippen LogP contribution is 2.19. The Morgan fingerprint density at radius 1 is 1.32 bits per heavy atom. The van der Waals surface area contributed by atoms with E-state index in [2.05, 4.69) is 10.5 Å². The van der Waals surface area contributed by atoms with Gasteiger partial charge in [0.2, 0.25) is 5.91 Å². The number of hydrogen-bond donors (Lipinski definition) is 1. The zero-order chi connectivity index (χ0) is 18.4. The number of nitrogens with zero attached hydrogens (tertiary/aromatic N) is 1. The molecule has 0 fully saturated rings. The molecule has 0 aliphatic rings.